The summed E-state index contributed by atoms with van der Waals surface area (Å²) in [6, 6.07) is 8.08. The van der Waals surface area contributed by atoms with Gasteiger partial charge in [-0.15, -0.1) is 0 Å². The molecule has 1 aromatic heterocycles. The second kappa shape index (κ2) is 8.78. The molecule has 1 N–H and O–H groups in total. The van der Waals surface area contributed by atoms with Gasteiger partial charge in [0.25, 0.3) is 5.91 Å². The van der Waals surface area contributed by atoms with Crippen molar-refractivity contribution >= 4 is 35.1 Å². The molecule has 0 saturated heterocycles. The summed E-state index contributed by atoms with van der Waals surface area (Å²) in [4.78, 5) is 24.0. The number of esters is 1. The van der Waals surface area contributed by atoms with Gasteiger partial charge in [0.1, 0.15) is 11.5 Å². The molecule has 8 heteroatoms. The van der Waals surface area contributed by atoms with E-state index in [4.69, 9.17) is 37.1 Å². The molecule has 0 saturated carbocycles. The summed E-state index contributed by atoms with van der Waals surface area (Å²) in [5.41, 5.74) is 0. The van der Waals surface area contributed by atoms with Crippen LogP contribution in [-0.2, 0) is 20.9 Å². The Labute approximate surface area is 155 Å². The quantitative estimate of drug-likeness (QED) is 0.736. The van der Waals surface area contributed by atoms with Crippen molar-refractivity contribution in [2.75, 3.05) is 0 Å². The zero-order valence-corrected chi connectivity index (χ0v) is 15.1. The van der Waals surface area contributed by atoms with Crippen LogP contribution in [0.3, 0.4) is 0 Å². The van der Waals surface area contributed by atoms with E-state index in [1.54, 1.807) is 24.3 Å². The van der Waals surface area contributed by atoms with Crippen LogP contribution in [0.2, 0.25) is 10.0 Å². The Morgan fingerprint density at radius 2 is 1.96 bits per heavy atom. The van der Waals surface area contributed by atoms with Gasteiger partial charge in [-0.05, 0) is 44.2 Å². The number of hydrogen-bond donors (Lipinski definition) is 1. The molecule has 0 aliphatic heterocycles. The molecule has 1 aromatic carbocycles. The van der Waals surface area contributed by atoms with Crippen molar-refractivity contribution in [3.63, 3.8) is 0 Å². The maximum atomic E-state index is 12.1. The first-order valence-electron chi connectivity index (χ1n) is 7.49. The van der Waals surface area contributed by atoms with Crippen LogP contribution in [0, 0.1) is 0 Å². The van der Waals surface area contributed by atoms with Crippen LogP contribution in [0.15, 0.2) is 41.0 Å². The van der Waals surface area contributed by atoms with Gasteiger partial charge < -0.3 is 19.2 Å². The third-order valence-corrected chi connectivity index (χ3v) is 3.74. The molecule has 2 aromatic rings. The van der Waals surface area contributed by atoms with Crippen molar-refractivity contribution in [2.24, 2.45) is 0 Å². The van der Waals surface area contributed by atoms with E-state index in [0.717, 1.165) is 0 Å². The lowest BCUT2D eigenvalue weighted by molar-refractivity contribution is -0.160. The molecule has 0 aliphatic rings. The van der Waals surface area contributed by atoms with Gasteiger partial charge in [-0.2, -0.15) is 0 Å². The molecular weight excluding hydrogens is 369 g/mol. The van der Waals surface area contributed by atoms with Gasteiger partial charge in [0, 0.05) is 5.02 Å². The Balaban J connectivity index is 1.83. The van der Waals surface area contributed by atoms with Crippen LogP contribution in [0.4, 0.5) is 0 Å². The number of halogens is 2. The summed E-state index contributed by atoms with van der Waals surface area (Å²) in [5, 5.41) is 3.34. The number of ether oxygens (including phenoxy) is 2. The van der Waals surface area contributed by atoms with Gasteiger partial charge in [0.15, 0.2) is 12.2 Å². The van der Waals surface area contributed by atoms with E-state index in [1.807, 2.05) is 0 Å². The van der Waals surface area contributed by atoms with Crippen molar-refractivity contribution in [2.45, 2.75) is 32.6 Å². The molecule has 134 valence electrons. The lowest BCUT2D eigenvalue weighted by Crippen LogP contribution is -2.38. The van der Waals surface area contributed by atoms with E-state index in [9.17, 15) is 9.59 Å². The summed E-state index contributed by atoms with van der Waals surface area (Å²) in [7, 11) is 0. The van der Waals surface area contributed by atoms with Gasteiger partial charge >= 0.3 is 5.97 Å². The van der Waals surface area contributed by atoms with E-state index in [0.29, 0.717) is 16.5 Å². The highest BCUT2D eigenvalue weighted by atomic mass is 35.5. The fourth-order valence-corrected chi connectivity index (χ4v) is 2.32. The molecule has 1 heterocycles. The van der Waals surface area contributed by atoms with E-state index < -0.39 is 24.1 Å². The van der Waals surface area contributed by atoms with Crippen LogP contribution in [0.25, 0.3) is 0 Å². The topological polar surface area (TPSA) is 77.8 Å². The Morgan fingerprint density at radius 3 is 2.60 bits per heavy atom. The maximum absolute atomic E-state index is 12.1. The zero-order valence-electron chi connectivity index (χ0n) is 13.6. The fraction of sp³-hybridized carbons (Fsp3) is 0.294. The van der Waals surface area contributed by atoms with E-state index in [2.05, 4.69) is 5.32 Å². The van der Waals surface area contributed by atoms with Crippen molar-refractivity contribution in [3.8, 4) is 5.75 Å². The molecule has 0 aliphatic carbocycles. The number of rotatable bonds is 7. The molecule has 0 radical (unpaired) electrons. The SMILES string of the molecule is C[C@H](Oc1ccc(Cl)cc1Cl)C(=O)O[C@H](C)C(=O)NCc1ccco1. The first kappa shape index (κ1) is 19.1. The first-order valence-corrected chi connectivity index (χ1v) is 8.24. The minimum atomic E-state index is -0.978. The number of furan rings is 1. The highest BCUT2D eigenvalue weighted by Gasteiger charge is 2.23. The second-order valence-corrected chi connectivity index (χ2v) is 6.05. The van der Waals surface area contributed by atoms with Crippen molar-refractivity contribution in [3.05, 3.63) is 52.4 Å². The molecule has 25 heavy (non-hydrogen) atoms. The fourth-order valence-electron chi connectivity index (χ4n) is 1.86. The van der Waals surface area contributed by atoms with Crippen LogP contribution in [0.5, 0.6) is 5.75 Å². The van der Waals surface area contributed by atoms with Crippen molar-refractivity contribution in [1.82, 2.24) is 5.32 Å². The molecule has 0 fully saturated rings. The molecule has 6 nitrogen and oxygen atoms in total. The third-order valence-electron chi connectivity index (χ3n) is 3.21. The highest BCUT2D eigenvalue weighted by Crippen LogP contribution is 2.28. The van der Waals surface area contributed by atoms with Crippen LogP contribution in [0.1, 0.15) is 19.6 Å². The van der Waals surface area contributed by atoms with Gasteiger partial charge in [0.05, 0.1) is 17.8 Å². The van der Waals surface area contributed by atoms with Crippen LogP contribution < -0.4 is 10.1 Å². The first-order chi connectivity index (χ1) is 11.9. The Hall–Kier alpha value is -2.18. The molecule has 0 spiro atoms. The lowest BCUT2D eigenvalue weighted by atomic mass is 10.3. The predicted octanol–water partition coefficient (Wildman–Crippen LogP) is 3.60. The molecular formula is C17H17Cl2NO5. The monoisotopic (exact) mass is 385 g/mol. The number of hydrogen-bond acceptors (Lipinski definition) is 5. The van der Waals surface area contributed by atoms with Gasteiger partial charge in [-0.25, -0.2) is 4.79 Å². The lowest BCUT2D eigenvalue weighted by Gasteiger charge is -2.18. The number of benzene rings is 1. The van der Waals surface area contributed by atoms with Gasteiger partial charge in [0.2, 0.25) is 0 Å². The minimum absolute atomic E-state index is 0.208. The Morgan fingerprint density at radius 1 is 1.20 bits per heavy atom. The number of nitrogens with one attached hydrogen (secondary N) is 1. The maximum Gasteiger partial charge on any atom is 0.347 e. The summed E-state index contributed by atoms with van der Waals surface area (Å²) in [6.45, 7) is 3.18. The van der Waals surface area contributed by atoms with Gasteiger partial charge in [-0.3, -0.25) is 4.79 Å². The summed E-state index contributed by atoms with van der Waals surface area (Å²) < 4.78 is 15.7. The minimum Gasteiger partial charge on any atom is -0.477 e. The predicted molar refractivity (Wildman–Crippen MR) is 92.7 cm³/mol. The molecule has 0 unspecified atom stereocenters. The molecule has 0 bridgehead atoms. The summed E-state index contributed by atoms with van der Waals surface area (Å²) in [5.74, 6) is -0.237. The van der Waals surface area contributed by atoms with Crippen LogP contribution in [-0.4, -0.2) is 24.1 Å². The number of carbonyl (C=O) groups is 2. The van der Waals surface area contributed by atoms with Crippen molar-refractivity contribution in [1.29, 1.82) is 0 Å². The Kier molecular flexibility index (Phi) is 6.73. The standard InChI is InChI=1S/C17H17Cl2NO5/c1-10(16(21)20-9-13-4-3-7-23-13)25-17(22)11(2)24-15-6-5-12(18)8-14(15)19/h3-8,10-11H,9H2,1-2H3,(H,20,21)/t10-,11+/m1/s1. The van der Waals surface area contributed by atoms with Gasteiger partial charge in [-0.1, -0.05) is 23.2 Å². The second-order valence-electron chi connectivity index (χ2n) is 5.21. The molecule has 2 atom stereocenters. The Bertz CT molecular complexity index is 733. The largest absolute Gasteiger partial charge is 0.477 e. The number of carbonyl (C=O) groups excluding carboxylic acids is 2. The van der Waals surface area contributed by atoms with E-state index in [-0.39, 0.29) is 11.6 Å². The zero-order chi connectivity index (χ0) is 18.4. The number of amides is 1. The smallest absolute Gasteiger partial charge is 0.347 e. The average molecular weight is 386 g/mol. The summed E-state index contributed by atoms with van der Waals surface area (Å²) in [6.07, 6.45) is -0.417. The average Bonchev–Trinajstić information content (AvgIpc) is 3.08. The summed E-state index contributed by atoms with van der Waals surface area (Å²) >= 11 is 11.8. The molecule has 2 rings (SSSR count). The third kappa shape index (κ3) is 5.69. The van der Waals surface area contributed by atoms with E-state index in [1.165, 1.54) is 26.2 Å². The molecule has 1 amide bonds. The highest BCUT2D eigenvalue weighted by molar-refractivity contribution is 6.35. The van der Waals surface area contributed by atoms with E-state index >= 15 is 0 Å². The van der Waals surface area contributed by atoms with Crippen LogP contribution >= 0.6 is 23.2 Å². The van der Waals surface area contributed by atoms with Crippen molar-refractivity contribution < 1.29 is 23.5 Å². The normalized spacial score (nSPS) is 13.0.